The van der Waals surface area contributed by atoms with Gasteiger partial charge < -0.3 is 14.5 Å². The largest absolute Gasteiger partial charge is 0.497 e. The Bertz CT molecular complexity index is 868. The van der Waals surface area contributed by atoms with Crippen LogP contribution in [-0.4, -0.2) is 56.1 Å². The highest BCUT2D eigenvalue weighted by molar-refractivity contribution is 6.21. The summed E-state index contributed by atoms with van der Waals surface area (Å²) in [5.74, 6) is 1.68. The number of carbonyl (C=O) groups excluding carboxylic acids is 1. The number of methoxy groups -OCH3 is 1. The van der Waals surface area contributed by atoms with Crippen LogP contribution < -0.4 is 14.5 Å². The molecule has 2 aliphatic rings. The SMILES string of the molecule is COc1ccc(N2CCN(C3=NC(C)C(=O)N3c3ccc(C)cc3)CC2)cc1. The number of benzene rings is 2. The third-order valence-electron chi connectivity index (χ3n) is 5.38. The van der Waals surface area contributed by atoms with Crippen LogP contribution in [0.2, 0.25) is 0 Å². The zero-order valence-electron chi connectivity index (χ0n) is 16.6. The summed E-state index contributed by atoms with van der Waals surface area (Å²) in [6.07, 6.45) is 0. The van der Waals surface area contributed by atoms with E-state index in [4.69, 9.17) is 4.74 Å². The monoisotopic (exact) mass is 378 g/mol. The van der Waals surface area contributed by atoms with E-state index >= 15 is 0 Å². The van der Waals surface area contributed by atoms with Gasteiger partial charge in [0.1, 0.15) is 11.8 Å². The van der Waals surface area contributed by atoms with Gasteiger partial charge in [-0.2, -0.15) is 0 Å². The summed E-state index contributed by atoms with van der Waals surface area (Å²) < 4.78 is 5.24. The predicted molar refractivity (Wildman–Crippen MR) is 112 cm³/mol. The number of anilines is 2. The third-order valence-corrected chi connectivity index (χ3v) is 5.38. The first-order valence-electron chi connectivity index (χ1n) is 9.69. The van der Waals surface area contributed by atoms with E-state index in [0.29, 0.717) is 0 Å². The third kappa shape index (κ3) is 3.42. The lowest BCUT2D eigenvalue weighted by Gasteiger charge is -2.38. The molecule has 2 aromatic carbocycles. The Morgan fingerprint density at radius 2 is 1.46 bits per heavy atom. The van der Waals surface area contributed by atoms with Gasteiger partial charge in [-0.1, -0.05) is 17.7 Å². The van der Waals surface area contributed by atoms with Crippen LogP contribution in [0.4, 0.5) is 11.4 Å². The Morgan fingerprint density at radius 3 is 2.07 bits per heavy atom. The van der Waals surface area contributed by atoms with Crippen LogP contribution >= 0.6 is 0 Å². The number of hydrogen-bond acceptors (Lipinski definition) is 5. The lowest BCUT2D eigenvalue weighted by Crippen LogP contribution is -2.53. The molecular formula is C22H26N4O2. The number of hydrogen-bond donors (Lipinski definition) is 0. The molecule has 0 N–H and O–H groups in total. The van der Waals surface area contributed by atoms with Crippen molar-refractivity contribution in [2.45, 2.75) is 19.9 Å². The van der Waals surface area contributed by atoms with Crippen LogP contribution in [0.15, 0.2) is 53.5 Å². The highest BCUT2D eigenvalue weighted by atomic mass is 16.5. The van der Waals surface area contributed by atoms with Gasteiger partial charge in [0, 0.05) is 31.9 Å². The predicted octanol–water partition coefficient (Wildman–Crippen LogP) is 2.92. The quantitative estimate of drug-likeness (QED) is 0.824. The van der Waals surface area contributed by atoms with Crippen molar-refractivity contribution in [2.75, 3.05) is 43.1 Å². The van der Waals surface area contributed by atoms with Crippen LogP contribution in [0.3, 0.4) is 0 Å². The first kappa shape index (κ1) is 18.3. The van der Waals surface area contributed by atoms with Crippen molar-refractivity contribution in [3.63, 3.8) is 0 Å². The van der Waals surface area contributed by atoms with E-state index in [1.807, 2.05) is 50.2 Å². The molecule has 6 heteroatoms. The maximum Gasteiger partial charge on any atom is 0.258 e. The molecule has 4 rings (SSSR count). The van der Waals surface area contributed by atoms with E-state index < -0.39 is 0 Å². The number of aliphatic imine (C=N–C) groups is 1. The summed E-state index contributed by atoms with van der Waals surface area (Å²) in [6.45, 7) is 7.33. The highest BCUT2D eigenvalue weighted by Gasteiger charge is 2.36. The molecule has 0 radical (unpaired) electrons. The Morgan fingerprint density at radius 1 is 0.893 bits per heavy atom. The molecule has 146 valence electrons. The topological polar surface area (TPSA) is 48.4 Å². The van der Waals surface area contributed by atoms with Crippen molar-refractivity contribution >= 4 is 23.2 Å². The van der Waals surface area contributed by atoms with Gasteiger partial charge in [0.2, 0.25) is 5.96 Å². The Balaban J connectivity index is 1.48. The summed E-state index contributed by atoms with van der Waals surface area (Å²) in [4.78, 5) is 23.8. The zero-order chi connectivity index (χ0) is 19.7. The molecule has 0 spiro atoms. The maximum absolute atomic E-state index is 12.8. The Labute approximate surface area is 166 Å². The fraction of sp³-hybridized carbons (Fsp3) is 0.364. The molecule has 1 fully saturated rings. The molecule has 1 atom stereocenters. The summed E-state index contributed by atoms with van der Waals surface area (Å²) in [5.41, 5.74) is 3.25. The van der Waals surface area contributed by atoms with Crippen molar-refractivity contribution in [1.82, 2.24) is 4.90 Å². The summed E-state index contributed by atoms with van der Waals surface area (Å²) in [6, 6.07) is 15.9. The van der Waals surface area contributed by atoms with Crippen molar-refractivity contribution < 1.29 is 9.53 Å². The first-order chi connectivity index (χ1) is 13.6. The number of guanidine groups is 1. The van der Waals surface area contributed by atoms with E-state index in [2.05, 4.69) is 26.9 Å². The lowest BCUT2D eigenvalue weighted by atomic mass is 10.2. The average molecular weight is 378 g/mol. The average Bonchev–Trinajstić information content (AvgIpc) is 3.03. The van der Waals surface area contributed by atoms with Gasteiger partial charge in [0.15, 0.2) is 0 Å². The molecular weight excluding hydrogens is 352 g/mol. The fourth-order valence-electron chi connectivity index (χ4n) is 3.69. The Hall–Kier alpha value is -3.02. The van der Waals surface area contributed by atoms with Gasteiger partial charge in [-0.3, -0.25) is 4.79 Å². The van der Waals surface area contributed by atoms with Gasteiger partial charge >= 0.3 is 0 Å². The molecule has 1 amide bonds. The smallest absolute Gasteiger partial charge is 0.258 e. The second-order valence-corrected chi connectivity index (χ2v) is 7.29. The van der Waals surface area contributed by atoms with Gasteiger partial charge in [0.25, 0.3) is 5.91 Å². The lowest BCUT2D eigenvalue weighted by molar-refractivity contribution is -0.117. The number of ether oxygens (including phenoxy) is 1. The molecule has 28 heavy (non-hydrogen) atoms. The molecule has 0 aromatic heterocycles. The standard InChI is InChI=1S/C22H26N4O2/c1-16-4-6-19(7-5-16)26-21(27)17(2)23-22(26)25-14-12-24(13-15-25)18-8-10-20(28-3)11-9-18/h4-11,17H,12-15H2,1-3H3. The number of aryl methyl sites for hydroxylation is 1. The van der Waals surface area contributed by atoms with E-state index in [1.54, 1.807) is 12.0 Å². The van der Waals surface area contributed by atoms with Crippen molar-refractivity contribution in [3.05, 3.63) is 54.1 Å². The van der Waals surface area contributed by atoms with Crippen molar-refractivity contribution in [1.29, 1.82) is 0 Å². The van der Waals surface area contributed by atoms with Crippen LogP contribution in [-0.2, 0) is 4.79 Å². The number of nitrogens with zero attached hydrogens (tertiary/aromatic N) is 4. The number of piperazine rings is 1. The molecule has 1 saturated heterocycles. The number of rotatable bonds is 3. The van der Waals surface area contributed by atoms with Crippen LogP contribution in [0.25, 0.3) is 0 Å². The molecule has 2 aliphatic heterocycles. The minimum Gasteiger partial charge on any atom is -0.497 e. The second kappa shape index (κ2) is 7.54. The van der Waals surface area contributed by atoms with Gasteiger partial charge in [-0.05, 0) is 50.2 Å². The molecule has 2 heterocycles. The van der Waals surface area contributed by atoms with E-state index in [0.717, 1.165) is 43.6 Å². The van der Waals surface area contributed by atoms with Crippen molar-refractivity contribution in [3.8, 4) is 5.75 Å². The normalized spacial score (nSPS) is 19.8. The molecule has 0 bridgehead atoms. The van der Waals surface area contributed by atoms with Crippen molar-refractivity contribution in [2.24, 2.45) is 4.99 Å². The van der Waals surface area contributed by atoms with Crippen LogP contribution in [0.1, 0.15) is 12.5 Å². The molecule has 2 aromatic rings. The van der Waals surface area contributed by atoms with Crippen LogP contribution in [0, 0.1) is 6.92 Å². The molecule has 6 nitrogen and oxygen atoms in total. The molecule has 0 aliphatic carbocycles. The molecule has 1 unspecified atom stereocenters. The van der Waals surface area contributed by atoms with E-state index in [1.165, 1.54) is 11.3 Å². The zero-order valence-corrected chi connectivity index (χ0v) is 16.6. The Kier molecular flexibility index (Phi) is 4.94. The maximum atomic E-state index is 12.8. The second-order valence-electron chi connectivity index (χ2n) is 7.29. The summed E-state index contributed by atoms with van der Waals surface area (Å²) in [7, 11) is 1.68. The minimum absolute atomic E-state index is 0.0384. The van der Waals surface area contributed by atoms with Gasteiger partial charge in [-0.15, -0.1) is 0 Å². The van der Waals surface area contributed by atoms with Gasteiger partial charge in [-0.25, -0.2) is 9.89 Å². The van der Waals surface area contributed by atoms with E-state index in [-0.39, 0.29) is 11.9 Å². The minimum atomic E-state index is -0.337. The highest BCUT2D eigenvalue weighted by Crippen LogP contribution is 2.26. The van der Waals surface area contributed by atoms with Crippen LogP contribution in [0.5, 0.6) is 5.75 Å². The molecule has 0 saturated carbocycles. The fourth-order valence-corrected chi connectivity index (χ4v) is 3.69. The van der Waals surface area contributed by atoms with E-state index in [9.17, 15) is 4.79 Å². The number of carbonyl (C=O) groups is 1. The summed E-state index contributed by atoms with van der Waals surface area (Å²) in [5, 5.41) is 0. The number of amides is 1. The summed E-state index contributed by atoms with van der Waals surface area (Å²) >= 11 is 0. The van der Waals surface area contributed by atoms with Gasteiger partial charge in [0.05, 0.1) is 12.8 Å². The first-order valence-corrected chi connectivity index (χ1v) is 9.69.